The molecule has 0 aliphatic heterocycles. The highest BCUT2D eigenvalue weighted by Gasteiger charge is 2.31. The quantitative estimate of drug-likeness (QED) is 0.175. The Balaban J connectivity index is 1.32. The molecule has 2 heterocycles. The van der Waals surface area contributed by atoms with E-state index in [2.05, 4.69) is 39.0 Å². The molecule has 5 aromatic rings. The lowest BCUT2D eigenvalue weighted by Gasteiger charge is -2.17. The van der Waals surface area contributed by atoms with Crippen molar-refractivity contribution >= 4 is 17.4 Å². The molecule has 1 atom stereocenters. The number of carbonyl (C=O) groups excluding carboxylic acids is 1. The number of urea groups is 1. The van der Waals surface area contributed by atoms with Gasteiger partial charge in [0.05, 0.1) is 24.5 Å². The summed E-state index contributed by atoms with van der Waals surface area (Å²) in [5, 5.41) is 9.46. The molecule has 0 saturated heterocycles. The second-order valence-electron chi connectivity index (χ2n) is 10.8. The molecule has 46 heavy (non-hydrogen) atoms. The molecule has 1 N–H and O–H groups in total. The van der Waals surface area contributed by atoms with Crippen molar-refractivity contribution in [2.45, 2.75) is 52.4 Å². The van der Waals surface area contributed by atoms with Gasteiger partial charge in [-0.15, -0.1) is 29.6 Å². The number of methoxy groups -OCH3 is 1. The average Bonchev–Trinajstić information content (AvgIpc) is 3.66. The van der Waals surface area contributed by atoms with Crippen LogP contribution < -0.4 is 19.6 Å². The van der Waals surface area contributed by atoms with E-state index < -0.39 is 12.4 Å². The lowest BCUT2D eigenvalue weighted by atomic mass is 10.0. The fourth-order valence-corrected chi connectivity index (χ4v) is 5.83. The first-order valence-corrected chi connectivity index (χ1v) is 15.4. The van der Waals surface area contributed by atoms with Gasteiger partial charge in [0.25, 0.3) is 0 Å². The van der Waals surface area contributed by atoms with Gasteiger partial charge in [-0.25, -0.2) is 14.5 Å². The largest absolute Gasteiger partial charge is 0.573 e. The third kappa shape index (κ3) is 7.48. The molecule has 5 rings (SSSR count). The molecule has 0 bridgehead atoms. The third-order valence-electron chi connectivity index (χ3n) is 7.28. The maximum atomic E-state index is 13.2. The topological polar surface area (TPSA) is 95.6 Å². The van der Waals surface area contributed by atoms with Crippen molar-refractivity contribution in [3.05, 3.63) is 100 Å². The molecule has 0 fully saturated rings. The summed E-state index contributed by atoms with van der Waals surface area (Å²) < 4.78 is 50.2. The Hall–Kier alpha value is -4.91. The lowest BCUT2D eigenvalue weighted by Crippen LogP contribution is -2.28. The smallest absolute Gasteiger partial charge is 0.497 e. The van der Waals surface area contributed by atoms with Gasteiger partial charge in [-0.2, -0.15) is 4.99 Å². The number of hydrogen-bond acceptors (Lipinski definition) is 6. The Morgan fingerprint density at radius 3 is 2.37 bits per heavy atom. The minimum atomic E-state index is -4.76. The number of aryl methyl sites for hydroxylation is 1. The van der Waals surface area contributed by atoms with E-state index in [9.17, 15) is 18.0 Å². The van der Waals surface area contributed by atoms with E-state index >= 15 is 0 Å². The van der Waals surface area contributed by atoms with Crippen molar-refractivity contribution in [3.63, 3.8) is 0 Å². The van der Waals surface area contributed by atoms with Crippen LogP contribution in [0.1, 0.15) is 56.0 Å². The Morgan fingerprint density at radius 2 is 1.74 bits per heavy atom. The number of aromatic nitrogens is 4. The third-order valence-corrected chi connectivity index (χ3v) is 8.22. The Kier molecular flexibility index (Phi) is 9.61. The predicted molar refractivity (Wildman–Crippen MR) is 170 cm³/mol. The molecule has 9 nitrogen and oxygen atoms in total. The van der Waals surface area contributed by atoms with Crippen LogP contribution in [0.4, 0.5) is 18.0 Å². The summed E-state index contributed by atoms with van der Waals surface area (Å²) >= 11 is 1.39. The second-order valence-corrected chi connectivity index (χ2v) is 11.6. The van der Waals surface area contributed by atoms with Crippen molar-refractivity contribution < 1.29 is 27.4 Å². The van der Waals surface area contributed by atoms with Crippen molar-refractivity contribution in [2.24, 2.45) is 4.99 Å². The number of hydrogen-bond donors (Lipinski definition) is 1. The Morgan fingerprint density at radius 1 is 1.04 bits per heavy atom. The van der Waals surface area contributed by atoms with Gasteiger partial charge in [0.15, 0.2) is 10.6 Å². The van der Waals surface area contributed by atoms with Crippen LogP contribution in [0, 0.1) is 6.92 Å². The van der Waals surface area contributed by atoms with E-state index in [0.29, 0.717) is 22.7 Å². The molecule has 2 aromatic heterocycles. The minimum Gasteiger partial charge on any atom is -0.497 e. The molecule has 0 spiro atoms. The number of carbonyl (C=O) groups is 1. The highest BCUT2D eigenvalue weighted by Crippen LogP contribution is 2.28. The van der Waals surface area contributed by atoms with Gasteiger partial charge in [0, 0.05) is 22.7 Å². The maximum Gasteiger partial charge on any atom is 0.573 e. The van der Waals surface area contributed by atoms with Crippen LogP contribution >= 0.6 is 11.3 Å². The van der Waals surface area contributed by atoms with Gasteiger partial charge in [0.1, 0.15) is 17.8 Å². The van der Waals surface area contributed by atoms with Crippen LogP contribution in [0.15, 0.2) is 83.4 Å². The fraction of sp³-hybridized carbons (Fsp3) is 0.273. The van der Waals surface area contributed by atoms with Gasteiger partial charge >= 0.3 is 12.4 Å². The summed E-state index contributed by atoms with van der Waals surface area (Å²) in [5.74, 6) is 1.08. The number of benzene rings is 3. The van der Waals surface area contributed by atoms with Gasteiger partial charge in [-0.1, -0.05) is 51.1 Å². The molecule has 0 aliphatic rings. The molecule has 2 amide bonds. The summed E-state index contributed by atoms with van der Waals surface area (Å²) in [4.78, 5) is 22.6. The van der Waals surface area contributed by atoms with Crippen molar-refractivity contribution in [3.8, 4) is 34.3 Å². The molecule has 3 aromatic carbocycles. The number of rotatable bonds is 9. The Labute approximate surface area is 268 Å². The van der Waals surface area contributed by atoms with E-state index in [1.165, 1.54) is 46.6 Å². The van der Waals surface area contributed by atoms with Crippen LogP contribution in [0.5, 0.6) is 11.5 Å². The van der Waals surface area contributed by atoms with E-state index in [0.717, 1.165) is 33.8 Å². The zero-order valence-corrected chi connectivity index (χ0v) is 26.7. The average molecular weight is 651 g/mol. The van der Waals surface area contributed by atoms with Crippen molar-refractivity contribution in [1.29, 1.82) is 0 Å². The van der Waals surface area contributed by atoms with E-state index in [4.69, 9.17) is 4.74 Å². The predicted octanol–water partition coefficient (Wildman–Crippen LogP) is 7.89. The first-order valence-electron chi connectivity index (χ1n) is 14.5. The van der Waals surface area contributed by atoms with Gasteiger partial charge < -0.3 is 14.8 Å². The number of ether oxygens (including phenoxy) is 2. The standard InChI is InChI=1S/C33H33F3N6O3S/c1-6-28(38-31(43)39-32-42(21(4)18-46-32)29-17-26(44-5)15-16-27(29)20(2)3)22-7-9-23(10-8-22)30-37-19-41(40-30)24-11-13-25(14-12-24)45-33(34,35)36/h7-20,28H,6H2,1-5H3,(H,38,43). The highest BCUT2D eigenvalue weighted by molar-refractivity contribution is 7.07. The van der Waals surface area contributed by atoms with Crippen LogP contribution in [0.2, 0.25) is 0 Å². The van der Waals surface area contributed by atoms with Gasteiger partial charge in [-0.3, -0.25) is 4.57 Å². The van der Waals surface area contributed by atoms with Crippen molar-refractivity contribution in [1.82, 2.24) is 24.6 Å². The summed E-state index contributed by atoms with van der Waals surface area (Å²) in [6.45, 7) is 8.20. The van der Waals surface area contributed by atoms with E-state index in [1.807, 2.05) is 66.3 Å². The van der Waals surface area contributed by atoms with Crippen molar-refractivity contribution in [2.75, 3.05) is 7.11 Å². The molecular weight excluding hydrogens is 617 g/mol. The molecule has 240 valence electrons. The van der Waals surface area contributed by atoms with Gasteiger partial charge in [-0.05, 0) is 60.7 Å². The monoisotopic (exact) mass is 650 g/mol. The SMILES string of the molecule is CCC(NC(=O)N=c1scc(C)n1-c1cc(OC)ccc1C(C)C)c1ccc(-c2ncn(-c3ccc(OC(F)(F)F)cc3)n2)cc1. The first kappa shape index (κ1) is 32.5. The highest BCUT2D eigenvalue weighted by atomic mass is 32.1. The summed E-state index contributed by atoms with van der Waals surface area (Å²) in [6, 6.07) is 18.0. The number of nitrogens with zero attached hydrogens (tertiary/aromatic N) is 5. The summed E-state index contributed by atoms with van der Waals surface area (Å²) in [7, 11) is 1.63. The molecule has 0 aliphatic carbocycles. The zero-order chi connectivity index (χ0) is 33.0. The number of nitrogens with one attached hydrogen (secondary N) is 1. The van der Waals surface area contributed by atoms with Crippen LogP contribution in [-0.4, -0.2) is 38.8 Å². The molecule has 13 heteroatoms. The molecule has 1 unspecified atom stereocenters. The number of thiazole rings is 1. The number of halogens is 3. The lowest BCUT2D eigenvalue weighted by molar-refractivity contribution is -0.274. The molecule has 0 radical (unpaired) electrons. The first-order chi connectivity index (χ1) is 22.0. The number of amides is 2. The zero-order valence-electron chi connectivity index (χ0n) is 25.9. The Bertz CT molecular complexity index is 1880. The fourth-order valence-electron chi connectivity index (χ4n) is 4.97. The van der Waals surface area contributed by atoms with Crippen LogP contribution in [0.3, 0.4) is 0 Å². The van der Waals surface area contributed by atoms with E-state index in [1.54, 1.807) is 7.11 Å². The normalized spacial score (nSPS) is 12.8. The summed E-state index contributed by atoms with van der Waals surface area (Å²) in [6.07, 6.45) is -2.64. The molecular formula is C33H33F3N6O3S. The van der Waals surface area contributed by atoms with E-state index in [-0.39, 0.29) is 17.7 Å². The van der Waals surface area contributed by atoms with Gasteiger partial charge in [0.2, 0.25) is 0 Å². The molecule has 0 saturated carbocycles. The maximum absolute atomic E-state index is 13.2. The number of alkyl halides is 3. The second kappa shape index (κ2) is 13.6. The minimum absolute atomic E-state index is 0.249. The van der Waals surface area contributed by atoms with Crippen LogP contribution in [-0.2, 0) is 0 Å². The van der Waals surface area contributed by atoms with Crippen LogP contribution in [0.25, 0.3) is 22.8 Å². The summed E-state index contributed by atoms with van der Waals surface area (Å²) in [5.41, 5.74) is 5.14.